The van der Waals surface area contributed by atoms with Crippen LogP contribution in [0.25, 0.3) is 0 Å². The Morgan fingerprint density at radius 2 is 1.49 bits per heavy atom. The maximum absolute atomic E-state index is 13.0. The Balaban J connectivity index is 2.12. The SMILES string of the molecule is CC(=O)NC(CC(C)C)C(=O)NC(Cc1ccc(OCc2ccccc2)cc1)C(=O)OC(C)(C)C. The van der Waals surface area contributed by atoms with Gasteiger partial charge in [0.15, 0.2) is 0 Å². The summed E-state index contributed by atoms with van der Waals surface area (Å²) in [5, 5.41) is 5.48. The maximum Gasteiger partial charge on any atom is 0.329 e. The molecule has 2 atom stereocenters. The summed E-state index contributed by atoms with van der Waals surface area (Å²) in [5.74, 6) is -0.348. The lowest BCUT2D eigenvalue weighted by molar-refractivity contribution is -0.158. The van der Waals surface area contributed by atoms with E-state index in [0.29, 0.717) is 18.8 Å². The first-order valence-corrected chi connectivity index (χ1v) is 12.0. The molecule has 35 heavy (non-hydrogen) atoms. The summed E-state index contributed by atoms with van der Waals surface area (Å²) >= 11 is 0. The second kappa shape index (κ2) is 12.9. The van der Waals surface area contributed by atoms with Gasteiger partial charge in [0.05, 0.1) is 0 Å². The third-order valence-corrected chi connectivity index (χ3v) is 5.02. The predicted molar refractivity (Wildman–Crippen MR) is 136 cm³/mol. The average Bonchev–Trinajstić information content (AvgIpc) is 2.76. The second-order valence-electron chi connectivity index (χ2n) is 10.1. The summed E-state index contributed by atoms with van der Waals surface area (Å²) < 4.78 is 11.4. The van der Waals surface area contributed by atoms with Crippen molar-refractivity contribution in [2.45, 2.75) is 78.7 Å². The highest BCUT2D eigenvalue weighted by molar-refractivity contribution is 5.90. The lowest BCUT2D eigenvalue weighted by atomic mass is 10.0. The first kappa shape index (κ1) is 27.9. The molecule has 0 fully saturated rings. The largest absolute Gasteiger partial charge is 0.489 e. The van der Waals surface area contributed by atoms with Gasteiger partial charge in [-0.15, -0.1) is 0 Å². The van der Waals surface area contributed by atoms with Crippen LogP contribution in [-0.4, -0.2) is 35.5 Å². The Morgan fingerprint density at radius 1 is 0.857 bits per heavy atom. The van der Waals surface area contributed by atoms with Gasteiger partial charge in [0.1, 0.15) is 30.0 Å². The van der Waals surface area contributed by atoms with Crippen LogP contribution in [0.3, 0.4) is 0 Å². The van der Waals surface area contributed by atoms with Crippen molar-refractivity contribution in [1.29, 1.82) is 0 Å². The van der Waals surface area contributed by atoms with Crippen molar-refractivity contribution in [3.05, 3.63) is 65.7 Å². The van der Waals surface area contributed by atoms with E-state index in [4.69, 9.17) is 9.47 Å². The van der Waals surface area contributed by atoms with Crippen molar-refractivity contribution < 1.29 is 23.9 Å². The molecule has 7 heteroatoms. The summed E-state index contributed by atoms with van der Waals surface area (Å²) in [5.41, 5.74) is 1.21. The van der Waals surface area contributed by atoms with Crippen LogP contribution in [0, 0.1) is 5.92 Å². The van der Waals surface area contributed by atoms with Crippen LogP contribution in [0.2, 0.25) is 0 Å². The molecule has 0 aliphatic heterocycles. The minimum Gasteiger partial charge on any atom is -0.489 e. The molecule has 190 valence electrons. The van der Waals surface area contributed by atoms with Crippen LogP contribution in [0.5, 0.6) is 5.75 Å². The first-order chi connectivity index (χ1) is 16.4. The van der Waals surface area contributed by atoms with Crippen molar-refractivity contribution in [2.24, 2.45) is 5.92 Å². The number of ether oxygens (including phenoxy) is 2. The third-order valence-electron chi connectivity index (χ3n) is 5.02. The van der Waals surface area contributed by atoms with Gasteiger partial charge in [-0.1, -0.05) is 56.3 Å². The molecule has 0 saturated carbocycles. The average molecular weight is 483 g/mol. The van der Waals surface area contributed by atoms with Crippen LogP contribution in [0.15, 0.2) is 54.6 Å². The molecule has 0 spiro atoms. The van der Waals surface area contributed by atoms with E-state index in [1.165, 1.54) is 6.92 Å². The molecule has 2 rings (SSSR count). The molecule has 2 aromatic rings. The highest BCUT2D eigenvalue weighted by atomic mass is 16.6. The molecule has 0 aliphatic carbocycles. The van der Waals surface area contributed by atoms with Crippen molar-refractivity contribution >= 4 is 17.8 Å². The lowest BCUT2D eigenvalue weighted by Gasteiger charge is -2.27. The fourth-order valence-electron chi connectivity index (χ4n) is 3.49. The summed E-state index contributed by atoms with van der Waals surface area (Å²) in [6.07, 6.45) is 0.702. The van der Waals surface area contributed by atoms with E-state index in [1.807, 2.05) is 68.4 Å². The Kier molecular flexibility index (Phi) is 10.3. The number of rotatable bonds is 11. The summed E-state index contributed by atoms with van der Waals surface area (Å²) in [6, 6.07) is 15.6. The van der Waals surface area contributed by atoms with Crippen LogP contribution >= 0.6 is 0 Å². The Labute approximate surface area is 208 Å². The molecule has 2 aromatic carbocycles. The molecular formula is C28H38N2O5. The second-order valence-corrected chi connectivity index (χ2v) is 10.1. The standard InChI is InChI=1S/C28H38N2O5/c1-19(2)16-24(29-20(3)31)26(32)30-25(27(33)35-28(4,5)6)17-21-12-14-23(15-13-21)34-18-22-10-8-7-9-11-22/h7-15,19,24-25H,16-18H2,1-6H3,(H,29,31)(H,30,32). The van der Waals surface area contributed by atoms with Crippen molar-refractivity contribution in [2.75, 3.05) is 0 Å². The van der Waals surface area contributed by atoms with Gasteiger partial charge in [-0.2, -0.15) is 0 Å². The minimum absolute atomic E-state index is 0.181. The van der Waals surface area contributed by atoms with Gasteiger partial charge in [0, 0.05) is 13.3 Å². The maximum atomic E-state index is 13.0. The van der Waals surface area contributed by atoms with Crippen molar-refractivity contribution in [3.8, 4) is 5.75 Å². The molecule has 0 saturated heterocycles. The predicted octanol–water partition coefficient (Wildman–Crippen LogP) is 4.19. The zero-order valence-electron chi connectivity index (χ0n) is 21.6. The third kappa shape index (κ3) is 10.6. The van der Waals surface area contributed by atoms with Gasteiger partial charge >= 0.3 is 5.97 Å². The number of carbonyl (C=O) groups is 3. The number of esters is 1. The van der Waals surface area contributed by atoms with Gasteiger partial charge in [-0.05, 0) is 56.4 Å². The highest BCUT2D eigenvalue weighted by Gasteiger charge is 2.30. The van der Waals surface area contributed by atoms with E-state index in [0.717, 1.165) is 11.1 Å². The summed E-state index contributed by atoms with van der Waals surface area (Å²) in [6.45, 7) is 11.1. The summed E-state index contributed by atoms with van der Waals surface area (Å²) in [4.78, 5) is 37.6. The van der Waals surface area contributed by atoms with E-state index in [1.54, 1.807) is 20.8 Å². The molecule has 2 amide bonds. The lowest BCUT2D eigenvalue weighted by Crippen LogP contribution is -2.53. The Hall–Kier alpha value is -3.35. The molecule has 0 heterocycles. The molecule has 0 radical (unpaired) electrons. The minimum atomic E-state index is -0.902. The van der Waals surface area contributed by atoms with E-state index in [9.17, 15) is 14.4 Å². The fourth-order valence-corrected chi connectivity index (χ4v) is 3.49. The first-order valence-electron chi connectivity index (χ1n) is 12.0. The number of benzene rings is 2. The van der Waals surface area contributed by atoms with Gasteiger partial charge in [-0.3, -0.25) is 9.59 Å². The molecule has 7 nitrogen and oxygen atoms in total. The van der Waals surface area contributed by atoms with Crippen LogP contribution in [-0.2, 0) is 32.1 Å². The van der Waals surface area contributed by atoms with Crippen LogP contribution in [0.4, 0.5) is 0 Å². The zero-order chi connectivity index (χ0) is 26.0. The molecule has 0 bridgehead atoms. The number of hydrogen-bond donors (Lipinski definition) is 2. The molecule has 2 unspecified atom stereocenters. The van der Waals surface area contributed by atoms with Crippen LogP contribution < -0.4 is 15.4 Å². The van der Waals surface area contributed by atoms with E-state index in [2.05, 4.69) is 10.6 Å². The smallest absolute Gasteiger partial charge is 0.329 e. The van der Waals surface area contributed by atoms with E-state index < -0.39 is 29.6 Å². The molecule has 2 N–H and O–H groups in total. The molecule has 0 aromatic heterocycles. The Bertz CT molecular complexity index is 965. The zero-order valence-corrected chi connectivity index (χ0v) is 21.6. The highest BCUT2D eigenvalue weighted by Crippen LogP contribution is 2.17. The van der Waals surface area contributed by atoms with Crippen molar-refractivity contribution in [3.63, 3.8) is 0 Å². The number of carbonyl (C=O) groups excluding carboxylic acids is 3. The summed E-state index contributed by atoms with van der Waals surface area (Å²) in [7, 11) is 0. The number of amides is 2. The van der Waals surface area contributed by atoms with Crippen LogP contribution in [0.1, 0.15) is 59.1 Å². The quantitative estimate of drug-likeness (QED) is 0.469. The number of hydrogen-bond acceptors (Lipinski definition) is 5. The van der Waals surface area contributed by atoms with Gasteiger partial charge < -0.3 is 20.1 Å². The van der Waals surface area contributed by atoms with Gasteiger partial charge in [-0.25, -0.2) is 4.79 Å². The Morgan fingerprint density at radius 3 is 2.03 bits per heavy atom. The van der Waals surface area contributed by atoms with E-state index >= 15 is 0 Å². The fraction of sp³-hybridized carbons (Fsp3) is 0.464. The topological polar surface area (TPSA) is 93.7 Å². The molecule has 0 aliphatic rings. The number of nitrogens with one attached hydrogen (secondary N) is 2. The monoisotopic (exact) mass is 482 g/mol. The molecular weight excluding hydrogens is 444 g/mol. The van der Waals surface area contributed by atoms with Gasteiger partial charge in [0.25, 0.3) is 0 Å². The normalized spacial score (nSPS) is 13.0. The van der Waals surface area contributed by atoms with Gasteiger partial charge in [0.2, 0.25) is 11.8 Å². The van der Waals surface area contributed by atoms with Crippen molar-refractivity contribution in [1.82, 2.24) is 10.6 Å². The van der Waals surface area contributed by atoms with E-state index in [-0.39, 0.29) is 18.2 Å².